The number of benzene rings is 1. The average molecular weight is 190 g/mol. The number of hydrogen-bond acceptors (Lipinski definition) is 1. The van der Waals surface area contributed by atoms with Gasteiger partial charge in [-0.15, -0.1) is 0 Å². The van der Waals surface area contributed by atoms with Crippen LogP contribution in [0.25, 0.3) is 0 Å². The summed E-state index contributed by atoms with van der Waals surface area (Å²) in [4.78, 5) is 11.4. The molecule has 0 heterocycles. The van der Waals surface area contributed by atoms with Gasteiger partial charge in [0.15, 0.2) is 0 Å². The highest BCUT2D eigenvalue weighted by Crippen LogP contribution is 2.08. The molecule has 0 N–H and O–H groups in total. The first-order chi connectivity index (χ1) is 6.59. The topological polar surface area (TPSA) is 17.1 Å². The Morgan fingerprint density at radius 2 is 1.79 bits per heavy atom. The number of rotatable bonds is 4. The molecule has 1 heteroatoms. The molecule has 1 nitrogen and oxygen atoms in total. The van der Waals surface area contributed by atoms with Crippen LogP contribution < -0.4 is 0 Å². The Labute approximate surface area is 86.1 Å². The van der Waals surface area contributed by atoms with Crippen molar-refractivity contribution in [3.8, 4) is 0 Å². The highest BCUT2D eigenvalue weighted by Gasteiger charge is 2.06. The summed E-state index contributed by atoms with van der Waals surface area (Å²) < 4.78 is 0. The molecule has 0 saturated carbocycles. The smallest absolute Gasteiger partial charge is 0.135 e. The van der Waals surface area contributed by atoms with Crippen LogP contribution in [-0.2, 0) is 11.2 Å². The van der Waals surface area contributed by atoms with E-state index in [1.807, 2.05) is 13.8 Å². The van der Waals surface area contributed by atoms with Crippen molar-refractivity contribution in [2.24, 2.45) is 5.92 Å². The average Bonchev–Trinajstić information content (AvgIpc) is 2.16. The lowest BCUT2D eigenvalue weighted by molar-refractivity contribution is -0.121. The summed E-state index contributed by atoms with van der Waals surface area (Å²) in [5.74, 6) is 0.519. The van der Waals surface area contributed by atoms with Crippen LogP contribution in [0.4, 0.5) is 0 Å². The molecule has 0 fully saturated rings. The van der Waals surface area contributed by atoms with Gasteiger partial charge in [0.1, 0.15) is 5.78 Å². The minimum Gasteiger partial charge on any atom is -0.299 e. The molecule has 0 aliphatic rings. The zero-order valence-corrected chi connectivity index (χ0v) is 9.21. The van der Waals surface area contributed by atoms with Gasteiger partial charge in [0, 0.05) is 12.3 Å². The summed E-state index contributed by atoms with van der Waals surface area (Å²) in [6, 6.07) is 8.39. The molecule has 0 aromatic heterocycles. The zero-order valence-electron chi connectivity index (χ0n) is 9.21. The Bertz CT molecular complexity index is 296. The van der Waals surface area contributed by atoms with Crippen molar-refractivity contribution in [1.29, 1.82) is 0 Å². The Hall–Kier alpha value is -1.11. The summed E-state index contributed by atoms with van der Waals surface area (Å²) in [7, 11) is 0. The number of Topliss-reactive ketones (excluding diaryl/α,β-unsaturated/α-hetero) is 1. The number of hydrogen-bond donors (Lipinski definition) is 0. The van der Waals surface area contributed by atoms with E-state index < -0.39 is 0 Å². The second-order valence-electron chi connectivity index (χ2n) is 4.11. The van der Waals surface area contributed by atoms with E-state index in [0.717, 1.165) is 6.42 Å². The Morgan fingerprint density at radius 3 is 2.29 bits per heavy atom. The molecular formula is C13H18O. The van der Waals surface area contributed by atoms with Crippen molar-refractivity contribution in [3.05, 3.63) is 35.4 Å². The molecule has 0 unspecified atom stereocenters. The second kappa shape index (κ2) is 4.94. The van der Waals surface area contributed by atoms with Gasteiger partial charge >= 0.3 is 0 Å². The molecule has 0 spiro atoms. The van der Waals surface area contributed by atoms with Crippen LogP contribution in [0.3, 0.4) is 0 Å². The van der Waals surface area contributed by atoms with Crippen LogP contribution in [0, 0.1) is 12.8 Å². The van der Waals surface area contributed by atoms with Gasteiger partial charge in [-0.1, -0.05) is 43.7 Å². The molecule has 0 saturated heterocycles. The third-order valence-corrected chi connectivity index (χ3v) is 2.42. The van der Waals surface area contributed by atoms with Gasteiger partial charge in [0.05, 0.1) is 0 Å². The van der Waals surface area contributed by atoms with Crippen LogP contribution in [0.15, 0.2) is 24.3 Å². The van der Waals surface area contributed by atoms with Crippen molar-refractivity contribution < 1.29 is 4.79 Å². The van der Waals surface area contributed by atoms with Crippen molar-refractivity contribution in [2.75, 3.05) is 0 Å². The lowest BCUT2D eigenvalue weighted by atomic mass is 10.0. The maximum absolute atomic E-state index is 11.4. The molecule has 0 aliphatic carbocycles. The highest BCUT2D eigenvalue weighted by molar-refractivity contribution is 5.80. The van der Waals surface area contributed by atoms with Gasteiger partial charge in [0.2, 0.25) is 0 Å². The van der Waals surface area contributed by atoms with Gasteiger partial charge < -0.3 is 0 Å². The molecule has 0 amide bonds. The van der Waals surface area contributed by atoms with Gasteiger partial charge in [-0.2, -0.15) is 0 Å². The maximum atomic E-state index is 11.4. The van der Waals surface area contributed by atoms with Gasteiger partial charge in [0.25, 0.3) is 0 Å². The van der Waals surface area contributed by atoms with Crippen LogP contribution >= 0.6 is 0 Å². The monoisotopic (exact) mass is 190 g/mol. The summed E-state index contributed by atoms with van der Waals surface area (Å²) in [5.41, 5.74) is 2.52. The fourth-order valence-corrected chi connectivity index (χ4v) is 1.31. The van der Waals surface area contributed by atoms with Gasteiger partial charge in [-0.05, 0) is 18.9 Å². The Kier molecular flexibility index (Phi) is 3.87. The molecule has 0 aliphatic heterocycles. The Balaban J connectivity index is 2.46. The third-order valence-electron chi connectivity index (χ3n) is 2.42. The van der Waals surface area contributed by atoms with E-state index in [9.17, 15) is 4.79 Å². The minimum atomic E-state index is 0.167. The fourth-order valence-electron chi connectivity index (χ4n) is 1.31. The largest absolute Gasteiger partial charge is 0.299 e. The van der Waals surface area contributed by atoms with Crippen LogP contribution in [-0.4, -0.2) is 5.78 Å². The number of carbonyl (C=O) groups excluding carboxylic acids is 1. The fraction of sp³-hybridized carbons (Fsp3) is 0.462. The minimum absolute atomic E-state index is 0.167. The van der Waals surface area contributed by atoms with Crippen LogP contribution in [0.1, 0.15) is 31.4 Å². The third kappa shape index (κ3) is 3.33. The number of aryl methyl sites for hydroxylation is 2. The second-order valence-corrected chi connectivity index (χ2v) is 4.11. The molecule has 1 rings (SSSR count). The quantitative estimate of drug-likeness (QED) is 0.712. The first-order valence-electron chi connectivity index (χ1n) is 5.18. The van der Waals surface area contributed by atoms with Gasteiger partial charge in [-0.25, -0.2) is 0 Å². The summed E-state index contributed by atoms with van der Waals surface area (Å²) in [6.45, 7) is 5.98. The summed E-state index contributed by atoms with van der Waals surface area (Å²) in [5, 5.41) is 0. The lowest BCUT2D eigenvalue weighted by Crippen LogP contribution is -2.07. The predicted octanol–water partition coefficient (Wildman–Crippen LogP) is 3.15. The Morgan fingerprint density at radius 1 is 1.21 bits per heavy atom. The molecule has 0 radical (unpaired) electrons. The normalized spacial score (nSPS) is 10.6. The number of ketones is 1. The van der Waals surface area contributed by atoms with E-state index in [-0.39, 0.29) is 5.92 Å². The molecule has 76 valence electrons. The van der Waals surface area contributed by atoms with Crippen LogP contribution in [0.2, 0.25) is 0 Å². The van der Waals surface area contributed by atoms with Crippen molar-refractivity contribution in [1.82, 2.24) is 0 Å². The standard InChI is InChI=1S/C13H18O/c1-10(2)13(14)9-8-12-6-4-11(3)5-7-12/h4-7,10H,8-9H2,1-3H3. The van der Waals surface area contributed by atoms with E-state index in [1.165, 1.54) is 11.1 Å². The van der Waals surface area contributed by atoms with E-state index in [0.29, 0.717) is 12.2 Å². The lowest BCUT2D eigenvalue weighted by Gasteiger charge is -2.04. The molecule has 1 aromatic carbocycles. The molecule has 0 atom stereocenters. The summed E-state index contributed by atoms with van der Waals surface area (Å²) >= 11 is 0. The first-order valence-corrected chi connectivity index (χ1v) is 5.18. The maximum Gasteiger partial charge on any atom is 0.135 e. The van der Waals surface area contributed by atoms with Crippen molar-refractivity contribution in [3.63, 3.8) is 0 Å². The SMILES string of the molecule is Cc1ccc(CCC(=O)C(C)C)cc1. The highest BCUT2D eigenvalue weighted by atomic mass is 16.1. The van der Waals surface area contributed by atoms with Gasteiger partial charge in [-0.3, -0.25) is 4.79 Å². The van der Waals surface area contributed by atoms with E-state index in [1.54, 1.807) is 0 Å². The molecule has 1 aromatic rings. The number of carbonyl (C=O) groups is 1. The molecule has 14 heavy (non-hydrogen) atoms. The van der Waals surface area contributed by atoms with Crippen molar-refractivity contribution >= 4 is 5.78 Å². The van der Waals surface area contributed by atoms with E-state index in [4.69, 9.17) is 0 Å². The zero-order chi connectivity index (χ0) is 10.6. The summed E-state index contributed by atoms with van der Waals surface area (Å²) in [6.07, 6.45) is 1.54. The predicted molar refractivity (Wildman–Crippen MR) is 59.3 cm³/mol. The first kappa shape index (κ1) is 11.0. The van der Waals surface area contributed by atoms with E-state index >= 15 is 0 Å². The molecular weight excluding hydrogens is 172 g/mol. The van der Waals surface area contributed by atoms with Crippen molar-refractivity contribution in [2.45, 2.75) is 33.6 Å². The molecule has 0 bridgehead atoms. The van der Waals surface area contributed by atoms with E-state index in [2.05, 4.69) is 31.2 Å². The van der Waals surface area contributed by atoms with Crippen LogP contribution in [0.5, 0.6) is 0 Å².